The van der Waals surface area contributed by atoms with E-state index in [9.17, 15) is 13.2 Å². The molecule has 0 bridgehead atoms. The molecule has 4 aromatic rings. The molecule has 0 saturated carbocycles. The number of hydrogen-bond acceptors (Lipinski definition) is 4. The maximum absolute atomic E-state index is 13.0. The fraction of sp³-hybridized carbons (Fsp3) is 0.0455. The molecule has 1 heterocycles. The van der Waals surface area contributed by atoms with Crippen molar-refractivity contribution in [1.29, 1.82) is 0 Å². The van der Waals surface area contributed by atoms with E-state index in [0.29, 0.717) is 21.3 Å². The monoisotopic (exact) mass is 568 g/mol. The molecule has 32 heavy (non-hydrogen) atoms. The van der Waals surface area contributed by atoms with Crippen LogP contribution in [0.2, 0.25) is 10.0 Å². The van der Waals surface area contributed by atoms with E-state index in [0.717, 1.165) is 14.6 Å². The number of hydrogen-bond donors (Lipinski definition) is 1. The molecule has 1 aromatic heterocycles. The van der Waals surface area contributed by atoms with Gasteiger partial charge in [-0.15, -0.1) is 11.3 Å². The van der Waals surface area contributed by atoms with Gasteiger partial charge in [0.05, 0.1) is 31.2 Å². The van der Waals surface area contributed by atoms with E-state index in [1.807, 2.05) is 0 Å². The van der Waals surface area contributed by atoms with Crippen LogP contribution >= 0.6 is 50.5 Å². The number of benzene rings is 3. The fourth-order valence-corrected chi connectivity index (χ4v) is 5.76. The Morgan fingerprint density at radius 3 is 2.47 bits per heavy atom. The summed E-state index contributed by atoms with van der Waals surface area (Å²) in [6, 6.07) is 18.4. The van der Waals surface area contributed by atoms with Crippen LogP contribution in [-0.4, -0.2) is 21.4 Å². The number of nitrogens with zero attached hydrogens (tertiary/aromatic N) is 1. The number of thiophene rings is 1. The Morgan fingerprint density at radius 1 is 1.03 bits per heavy atom. The Bertz CT molecular complexity index is 1440. The van der Waals surface area contributed by atoms with Crippen LogP contribution in [0.15, 0.2) is 76.1 Å². The van der Waals surface area contributed by atoms with Crippen LogP contribution in [-0.2, 0) is 10.0 Å². The fourth-order valence-electron chi connectivity index (χ4n) is 3.03. The summed E-state index contributed by atoms with van der Waals surface area (Å²) in [7, 11) is -2.23. The summed E-state index contributed by atoms with van der Waals surface area (Å²) in [4.78, 5) is 13.4. The van der Waals surface area contributed by atoms with E-state index < -0.39 is 10.0 Å². The van der Waals surface area contributed by atoms with Crippen molar-refractivity contribution in [3.8, 4) is 0 Å². The molecular formula is C22H15BrCl2N2O3S2. The molecule has 0 aliphatic rings. The van der Waals surface area contributed by atoms with Gasteiger partial charge in [-0.2, -0.15) is 0 Å². The minimum absolute atomic E-state index is 0.187. The van der Waals surface area contributed by atoms with Gasteiger partial charge in [-0.3, -0.25) is 9.10 Å². The highest BCUT2D eigenvalue weighted by Crippen LogP contribution is 2.33. The molecule has 1 N–H and O–H groups in total. The quantitative estimate of drug-likeness (QED) is 0.280. The van der Waals surface area contributed by atoms with Crippen LogP contribution in [0.25, 0.3) is 10.1 Å². The Labute approximate surface area is 207 Å². The third-order valence-corrected chi connectivity index (χ3v) is 9.02. The number of rotatable bonds is 5. The molecular weight excluding hydrogens is 555 g/mol. The van der Waals surface area contributed by atoms with Gasteiger partial charge in [-0.05, 0) is 66.0 Å². The predicted molar refractivity (Wildman–Crippen MR) is 136 cm³/mol. The third kappa shape index (κ3) is 4.51. The van der Waals surface area contributed by atoms with Crippen LogP contribution < -0.4 is 9.62 Å². The minimum atomic E-state index is -3.73. The number of amides is 1. The van der Waals surface area contributed by atoms with Crippen molar-refractivity contribution < 1.29 is 13.2 Å². The first kappa shape index (κ1) is 23.1. The van der Waals surface area contributed by atoms with E-state index >= 15 is 0 Å². The van der Waals surface area contributed by atoms with Crippen molar-refractivity contribution in [1.82, 2.24) is 0 Å². The zero-order valence-corrected chi connectivity index (χ0v) is 21.2. The summed E-state index contributed by atoms with van der Waals surface area (Å²) in [5.74, 6) is -0.326. The predicted octanol–water partition coefficient (Wildman–Crippen LogP) is 7.05. The molecule has 164 valence electrons. The topological polar surface area (TPSA) is 66.5 Å². The van der Waals surface area contributed by atoms with Gasteiger partial charge < -0.3 is 5.32 Å². The molecule has 0 spiro atoms. The number of carbonyl (C=O) groups excluding carboxylic acids is 1. The summed E-state index contributed by atoms with van der Waals surface area (Å²) >= 11 is 16.8. The van der Waals surface area contributed by atoms with Gasteiger partial charge in [0.25, 0.3) is 15.9 Å². The number of fused-ring (bicyclic) bond motifs is 1. The normalized spacial score (nSPS) is 11.5. The van der Waals surface area contributed by atoms with Gasteiger partial charge in [-0.25, -0.2) is 8.42 Å². The lowest BCUT2D eigenvalue weighted by Crippen LogP contribution is -2.26. The Morgan fingerprint density at radius 2 is 1.75 bits per heavy atom. The number of anilines is 2. The summed E-state index contributed by atoms with van der Waals surface area (Å²) in [6.07, 6.45) is 0. The smallest absolute Gasteiger partial charge is 0.265 e. The van der Waals surface area contributed by atoms with Crippen molar-refractivity contribution >= 4 is 87.9 Å². The average molecular weight is 570 g/mol. The second-order valence-corrected chi connectivity index (χ2v) is 11.6. The largest absolute Gasteiger partial charge is 0.320 e. The minimum Gasteiger partial charge on any atom is -0.320 e. The van der Waals surface area contributed by atoms with E-state index in [1.165, 1.54) is 22.7 Å². The van der Waals surface area contributed by atoms with Gasteiger partial charge in [0.1, 0.15) is 0 Å². The second-order valence-electron chi connectivity index (χ2n) is 6.81. The number of sulfonamides is 1. The van der Waals surface area contributed by atoms with Crippen LogP contribution in [0.1, 0.15) is 9.67 Å². The number of nitrogens with one attached hydrogen (secondary N) is 1. The molecule has 0 aliphatic carbocycles. The second kappa shape index (κ2) is 9.03. The molecule has 0 aliphatic heterocycles. The molecule has 0 radical (unpaired) electrons. The lowest BCUT2D eigenvalue weighted by Gasteiger charge is -2.19. The maximum atomic E-state index is 13.0. The first-order valence-corrected chi connectivity index (χ1v) is 13.0. The molecule has 4 rings (SSSR count). The van der Waals surface area contributed by atoms with Gasteiger partial charge >= 0.3 is 0 Å². The average Bonchev–Trinajstić information content (AvgIpc) is 3.20. The molecule has 0 fully saturated rings. The van der Waals surface area contributed by atoms with Crippen LogP contribution in [0, 0.1) is 0 Å². The molecule has 10 heteroatoms. The summed E-state index contributed by atoms with van der Waals surface area (Å²) < 4.78 is 28.8. The van der Waals surface area contributed by atoms with E-state index in [-0.39, 0.29) is 15.8 Å². The first-order chi connectivity index (χ1) is 15.2. The zero-order chi connectivity index (χ0) is 23.0. The van der Waals surface area contributed by atoms with Gasteiger partial charge in [0.15, 0.2) is 0 Å². The lowest BCUT2D eigenvalue weighted by atomic mass is 10.2. The standard InChI is InChI=1S/C22H15BrCl2N2O3S2/c1-27(32(29,30)16-8-5-14(23)6-9-16)15-7-10-19-13(11-15)12-20(31-19)22(28)26-18-4-2-3-17(24)21(18)25/h2-12H,1H3,(H,26,28). The van der Waals surface area contributed by atoms with Gasteiger partial charge in [0, 0.05) is 16.2 Å². The van der Waals surface area contributed by atoms with Crippen molar-refractivity contribution in [3.05, 3.63) is 86.1 Å². The molecule has 3 aromatic carbocycles. The highest BCUT2D eigenvalue weighted by molar-refractivity contribution is 9.10. The molecule has 0 saturated heterocycles. The Hall–Kier alpha value is -2.10. The van der Waals surface area contributed by atoms with Crippen LogP contribution in [0.3, 0.4) is 0 Å². The molecule has 0 unspecified atom stereocenters. The molecule has 5 nitrogen and oxygen atoms in total. The zero-order valence-electron chi connectivity index (χ0n) is 16.5. The molecule has 1 amide bonds. The van der Waals surface area contributed by atoms with Crippen LogP contribution in [0.4, 0.5) is 11.4 Å². The summed E-state index contributed by atoms with van der Waals surface area (Å²) in [5, 5.41) is 4.13. The SMILES string of the molecule is CN(c1ccc2sc(C(=O)Nc3cccc(Cl)c3Cl)cc2c1)S(=O)(=O)c1ccc(Br)cc1. The van der Waals surface area contributed by atoms with Crippen molar-refractivity contribution in [2.75, 3.05) is 16.7 Å². The highest BCUT2D eigenvalue weighted by atomic mass is 79.9. The van der Waals surface area contributed by atoms with E-state index in [4.69, 9.17) is 23.2 Å². The van der Waals surface area contributed by atoms with Gasteiger partial charge in [0.2, 0.25) is 0 Å². The number of carbonyl (C=O) groups is 1. The van der Waals surface area contributed by atoms with Crippen molar-refractivity contribution in [2.45, 2.75) is 4.90 Å². The first-order valence-electron chi connectivity index (χ1n) is 9.20. The maximum Gasteiger partial charge on any atom is 0.265 e. The Balaban J connectivity index is 1.62. The summed E-state index contributed by atoms with van der Waals surface area (Å²) in [5.41, 5.74) is 0.908. The highest BCUT2D eigenvalue weighted by Gasteiger charge is 2.22. The third-order valence-electron chi connectivity index (χ3n) is 4.76. The Kier molecular flexibility index (Phi) is 6.51. The van der Waals surface area contributed by atoms with Gasteiger partial charge in [-0.1, -0.05) is 45.2 Å². The van der Waals surface area contributed by atoms with Crippen LogP contribution in [0.5, 0.6) is 0 Å². The van der Waals surface area contributed by atoms with Crippen molar-refractivity contribution in [2.24, 2.45) is 0 Å². The van der Waals surface area contributed by atoms with E-state index in [2.05, 4.69) is 21.2 Å². The number of halogens is 3. The van der Waals surface area contributed by atoms with Crippen molar-refractivity contribution in [3.63, 3.8) is 0 Å². The lowest BCUT2D eigenvalue weighted by molar-refractivity contribution is 0.103. The van der Waals surface area contributed by atoms with E-state index in [1.54, 1.807) is 66.7 Å². The summed E-state index contributed by atoms with van der Waals surface area (Å²) in [6.45, 7) is 0. The molecule has 0 atom stereocenters.